The van der Waals surface area contributed by atoms with Crippen molar-refractivity contribution in [3.05, 3.63) is 133 Å². The molecule has 3 aromatic carbocycles. The van der Waals surface area contributed by atoms with E-state index in [-0.39, 0.29) is 5.41 Å². The molecule has 3 N–H and O–H groups in total. The zero-order chi connectivity index (χ0) is 28.3. The Morgan fingerprint density at radius 2 is 1.12 bits per heavy atom. The van der Waals surface area contributed by atoms with Crippen LogP contribution in [0.25, 0.3) is 0 Å². The molecule has 1 aliphatic heterocycles. The number of rotatable bonds is 13. The lowest BCUT2D eigenvalue weighted by Crippen LogP contribution is -2.48. The molecular weight excluding hydrogens is 506 g/mol. The molecule has 0 saturated carbocycles. The van der Waals surface area contributed by atoms with Gasteiger partial charge in [0.25, 0.3) is 0 Å². The van der Waals surface area contributed by atoms with Gasteiger partial charge in [0.05, 0.1) is 5.41 Å². The third-order valence-corrected chi connectivity index (χ3v) is 7.67. The van der Waals surface area contributed by atoms with Crippen LogP contribution in [0.15, 0.2) is 116 Å². The first-order valence-corrected chi connectivity index (χ1v) is 14.3. The molecule has 0 radical (unpaired) electrons. The van der Waals surface area contributed by atoms with Crippen molar-refractivity contribution < 1.29 is 0 Å². The zero-order valence-corrected chi connectivity index (χ0v) is 23.5. The van der Waals surface area contributed by atoms with E-state index in [4.69, 9.17) is 9.97 Å². The second-order valence-electron chi connectivity index (χ2n) is 10.3. The lowest BCUT2D eigenvalue weighted by atomic mass is 9.69. The molecule has 1 saturated heterocycles. The van der Waals surface area contributed by atoms with Crippen LogP contribution in [0.3, 0.4) is 0 Å². The maximum Gasteiger partial charge on any atom is 0.231 e. The van der Waals surface area contributed by atoms with E-state index in [9.17, 15) is 0 Å². The van der Waals surface area contributed by atoms with Gasteiger partial charge in [0.15, 0.2) is 0 Å². The highest BCUT2D eigenvalue weighted by Gasteiger charge is 2.37. The standard InChI is InChI=1S/C34H39N7/c1-3-22-35-31-38-32(36-23-4-2)40-33(39-31)41-24-20-30(21-25-41)37-26-34(27-14-8-5-9-15-27,28-16-10-6-11-17-28)29-18-12-7-13-19-29/h3-19,30,37H,1-2,20-26H2,(H2,35,36,38,39,40). The van der Waals surface area contributed by atoms with Crippen LogP contribution >= 0.6 is 0 Å². The number of hydrogen-bond donors (Lipinski definition) is 3. The van der Waals surface area contributed by atoms with E-state index in [0.717, 1.165) is 32.5 Å². The van der Waals surface area contributed by atoms with Crippen LogP contribution in [0.5, 0.6) is 0 Å². The summed E-state index contributed by atoms with van der Waals surface area (Å²) in [5.74, 6) is 1.77. The van der Waals surface area contributed by atoms with Gasteiger partial charge in [-0.05, 0) is 29.5 Å². The Bertz CT molecular complexity index is 1260. The number of aromatic nitrogens is 3. The molecule has 0 bridgehead atoms. The van der Waals surface area contributed by atoms with Gasteiger partial charge in [-0.3, -0.25) is 0 Å². The van der Waals surface area contributed by atoms with Gasteiger partial charge in [-0.25, -0.2) is 0 Å². The Balaban J connectivity index is 1.35. The number of nitrogens with zero attached hydrogens (tertiary/aromatic N) is 4. The van der Waals surface area contributed by atoms with Crippen LogP contribution in [-0.4, -0.2) is 53.7 Å². The molecule has 7 nitrogen and oxygen atoms in total. The highest BCUT2D eigenvalue weighted by molar-refractivity contribution is 5.51. The van der Waals surface area contributed by atoms with E-state index in [0.29, 0.717) is 37.0 Å². The zero-order valence-electron chi connectivity index (χ0n) is 23.5. The first kappa shape index (κ1) is 28.1. The Labute approximate surface area is 243 Å². The van der Waals surface area contributed by atoms with Gasteiger partial charge < -0.3 is 20.9 Å². The molecule has 1 aromatic heterocycles. The number of piperidine rings is 1. The van der Waals surface area contributed by atoms with Crippen molar-refractivity contribution in [1.29, 1.82) is 0 Å². The van der Waals surface area contributed by atoms with E-state index < -0.39 is 0 Å². The molecule has 41 heavy (non-hydrogen) atoms. The number of benzene rings is 3. The van der Waals surface area contributed by atoms with Crippen molar-refractivity contribution in [2.45, 2.75) is 24.3 Å². The second-order valence-corrected chi connectivity index (χ2v) is 10.3. The minimum Gasteiger partial charge on any atom is -0.351 e. The van der Waals surface area contributed by atoms with Crippen molar-refractivity contribution in [1.82, 2.24) is 20.3 Å². The predicted octanol–water partition coefficient (Wildman–Crippen LogP) is 5.66. The van der Waals surface area contributed by atoms with Crippen molar-refractivity contribution in [3.8, 4) is 0 Å². The van der Waals surface area contributed by atoms with Crippen LogP contribution in [0.2, 0.25) is 0 Å². The quantitative estimate of drug-likeness (QED) is 0.148. The Kier molecular flexibility index (Phi) is 9.39. The highest BCUT2D eigenvalue weighted by atomic mass is 15.3. The third kappa shape index (κ3) is 6.64. The first-order valence-electron chi connectivity index (χ1n) is 14.3. The lowest BCUT2D eigenvalue weighted by molar-refractivity contribution is 0.386. The fourth-order valence-corrected chi connectivity index (χ4v) is 5.55. The second kappa shape index (κ2) is 13.7. The molecule has 1 fully saturated rings. The third-order valence-electron chi connectivity index (χ3n) is 7.67. The van der Waals surface area contributed by atoms with Crippen LogP contribution < -0.4 is 20.9 Å². The average Bonchev–Trinajstić information content (AvgIpc) is 3.05. The fourth-order valence-electron chi connectivity index (χ4n) is 5.55. The topological polar surface area (TPSA) is 78.0 Å². The van der Waals surface area contributed by atoms with E-state index >= 15 is 0 Å². The van der Waals surface area contributed by atoms with E-state index in [2.05, 4.69) is 130 Å². The summed E-state index contributed by atoms with van der Waals surface area (Å²) in [4.78, 5) is 16.1. The molecule has 210 valence electrons. The van der Waals surface area contributed by atoms with Crippen molar-refractivity contribution >= 4 is 17.8 Å². The van der Waals surface area contributed by atoms with Crippen molar-refractivity contribution in [2.24, 2.45) is 0 Å². The molecule has 0 unspecified atom stereocenters. The number of anilines is 3. The minimum atomic E-state index is -0.313. The fraction of sp³-hybridized carbons (Fsp3) is 0.265. The molecule has 0 spiro atoms. The predicted molar refractivity (Wildman–Crippen MR) is 170 cm³/mol. The van der Waals surface area contributed by atoms with Crippen molar-refractivity contribution in [2.75, 3.05) is 48.3 Å². The Morgan fingerprint density at radius 3 is 1.54 bits per heavy atom. The maximum atomic E-state index is 4.69. The smallest absolute Gasteiger partial charge is 0.231 e. The monoisotopic (exact) mass is 545 g/mol. The Morgan fingerprint density at radius 1 is 0.683 bits per heavy atom. The first-order chi connectivity index (χ1) is 20.2. The highest BCUT2D eigenvalue weighted by Crippen LogP contribution is 2.39. The summed E-state index contributed by atoms with van der Waals surface area (Å²) < 4.78 is 0. The molecule has 1 aliphatic rings. The summed E-state index contributed by atoms with van der Waals surface area (Å²) in [5, 5.41) is 10.4. The molecular formula is C34H39N7. The van der Waals surface area contributed by atoms with Crippen molar-refractivity contribution in [3.63, 3.8) is 0 Å². The van der Waals surface area contributed by atoms with E-state index in [1.54, 1.807) is 12.2 Å². The molecule has 0 amide bonds. The summed E-state index contributed by atoms with van der Waals surface area (Å²) in [7, 11) is 0. The van der Waals surface area contributed by atoms with Gasteiger partial charge in [0, 0.05) is 38.8 Å². The number of hydrogen-bond acceptors (Lipinski definition) is 7. The summed E-state index contributed by atoms with van der Waals surface area (Å²) in [6.45, 7) is 11.3. The van der Waals surface area contributed by atoms with Crippen LogP contribution in [0.4, 0.5) is 17.8 Å². The van der Waals surface area contributed by atoms with Gasteiger partial charge >= 0.3 is 0 Å². The minimum absolute atomic E-state index is 0.313. The van der Waals surface area contributed by atoms with Crippen LogP contribution in [0, 0.1) is 0 Å². The molecule has 4 aromatic rings. The normalized spacial score (nSPS) is 13.9. The van der Waals surface area contributed by atoms with Gasteiger partial charge in [-0.15, -0.1) is 13.2 Å². The Hall–Kier alpha value is -4.49. The summed E-state index contributed by atoms with van der Waals surface area (Å²) in [6, 6.07) is 33.0. The van der Waals surface area contributed by atoms with E-state index in [1.165, 1.54) is 16.7 Å². The van der Waals surface area contributed by atoms with Crippen LogP contribution in [-0.2, 0) is 5.41 Å². The van der Waals surface area contributed by atoms with Gasteiger partial charge in [-0.2, -0.15) is 15.0 Å². The molecule has 2 heterocycles. The van der Waals surface area contributed by atoms with E-state index in [1.807, 2.05) is 0 Å². The average molecular weight is 546 g/mol. The molecule has 0 aliphatic carbocycles. The summed E-state index contributed by atoms with van der Waals surface area (Å²) in [5.41, 5.74) is 3.54. The van der Waals surface area contributed by atoms with Gasteiger partial charge in [0.1, 0.15) is 0 Å². The lowest BCUT2D eigenvalue weighted by Gasteiger charge is -2.39. The largest absolute Gasteiger partial charge is 0.351 e. The SMILES string of the molecule is C=CCNc1nc(NCC=C)nc(N2CCC(NCC(c3ccccc3)(c3ccccc3)c3ccccc3)CC2)n1. The van der Waals surface area contributed by atoms with Gasteiger partial charge in [0.2, 0.25) is 17.8 Å². The van der Waals surface area contributed by atoms with Gasteiger partial charge in [-0.1, -0.05) is 103 Å². The maximum absolute atomic E-state index is 4.69. The van der Waals surface area contributed by atoms with Crippen LogP contribution in [0.1, 0.15) is 29.5 Å². The summed E-state index contributed by atoms with van der Waals surface area (Å²) >= 11 is 0. The number of nitrogens with one attached hydrogen (secondary N) is 3. The molecule has 0 atom stereocenters. The summed E-state index contributed by atoms with van der Waals surface area (Å²) in [6.07, 6.45) is 5.56. The molecule has 5 rings (SSSR count). The molecule has 7 heteroatoms.